The minimum absolute atomic E-state index is 0.0534. The van der Waals surface area contributed by atoms with Crippen molar-refractivity contribution in [2.75, 3.05) is 36.8 Å². The van der Waals surface area contributed by atoms with Gasteiger partial charge in [0.1, 0.15) is 10.6 Å². The molecule has 1 aliphatic heterocycles. The lowest BCUT2D eigenvalue weighted by atomic mass is 10.1. The molecule has 1 amide bonds. The molecule has 0 radical (unpaired) electrons. The number of rotatable bonds is 6. The third kappa shape index (κ3) is 4.83. The van der Waals surface area contributed by atoms with Crippen molar-refractivity contribution < 1.29 is 14.7 Å². The molecule has 1 saturated heterocycles. The van der Waals surface area contributed by atoms with Crippen molar-refractivity contribution >= 4 is 51.0 Å². The third-order valence-corrected chi connectivity index (χ3v) is 7.21. The Morgan fingerprint density at radius 1 is 1.16 bits per heavy atom. The molecule has 162 valence electrons. The van der Waals surface area contributed by atoms with Crippen LogP contribution in [0.5, 0.6) is 0 Å². The number of hydrogen-bond donors (Lipinski definition) is 1. The third-order valence-electron chi connectivity index (χ3n) is 5.21. The lowest BCUT2D eigenvalue weighted by molar-refractivity contribution is -0.133. The molecule has 0 spiro atoms. The molecular formula is C22H24N4O3S2. The minimum Gasteiger partial charge on any atom is -0.481 e. The number of anilines is 1. The Kier molecular flexibility index (Phi) is 6.43. The second-order valence-electron chi connectivity index (χ2n) is 7.45. The van der Waals surface area contributed by atoms with E-state index in [1.165, 1.54) is 4.88 Å². The Balaban J connectivity index is 1.55. The number of aromatic nitrogens is 2. The SMILES string of the molecule is CCc1cc2c(N3CCN(C(=O)c4cccc(C)c4)CC3)nc(SCC(=O)O)nc2s1. The van der Waals surface area contributed by atoms with Crippen LogP contribution in [0, 0.1) is 6.92 Å². The van der Waals surface area contributed by atoms with Crippen molar-refractivity contribution in [2.24, 2.45) is 0 Å². The number of piperazine rings is 1. The van der Waals surface area contributed by atoms with E-state index in [1.807, 2.05) is 36.1 Å². The molecule has 1 fully saturated rings. The molecule has 0 aliphatic carbocycles. The standard InChI is InChI=1S/C22H24N4O3S2/c1-3-16-12-17-19(23-22(24-20(17)31-16)30-13-18(27)28)25-7-9-26(10-8-25)21(29)15-6-4-5-14(2)11-15/h4-6,11-12H,3,7-10,13H2,1-2H3,(H,27,28). The van der Waals surface area contributed by atoms with Crippen LogP contribution in [0.25, 0.3) is 10.2 Å². The number of nitrogens with zero attached hydrogens (tertiary/aromatic N) is 4. The highest BCUT2D eigenvalue weighted by atomic mass is 32.2. The van der Waals surface area contributed by atoms with E-state index in [0.717, 1.165) is 45.3 Å². The van der Waals surface area contributed by atoms with Gasteiger partial charge >= 0.3 is 5.97 Å². The zero-order valence-corrected chi connectivity index (χ0v) is 19.1. The Hall–Kier alpha value is -2.65. The maximum atomic E-state index is 12.9. The largest absolute Gasteiger partial charge is 0.481 e. The van der Waals surface area contributed by atoms with E-state index in [2.05, 4.69) is 22.9 Å². The fraction of sp³-hybridized carbons (Fsp3) is 0.364. The van der Waals surface area contributed by atoms with Crippen molar-refractivity contribution in [1.29, 1.82) is 0 Å². The maximum Gasteiger partial charge on any atom is 0.313 e. The van der Waals surface area contributed by atoms with E-state index < -0.39 is 5.97 Å². The number of thioether (sulfide) groups is 1. The van der Waals surface area contributed by atoms with Crippen molar-refractivity contribution in [1.82, 2.24) is 14.9 Å². The van der Waals surface area contributed by atoms with Crippen molar-refractivity contribution in [3.63, 3.8) is 0 Å². The first-order valence-electron chi connectivity index (χ1n) is 10.2. The van der Waals surface area contributed by atoms with E-state index in [1.54, 1.807) is 11.3 Å². The number of benzene rings is 1. The lowest BCUT2D eigenvalue weighted by Gasteiger charge is -2.35. The van der Waals surface area contributed by atoms with Crippen LogP contribution in [0.1, 0.15) is 27.7 Å². The second-order valence-corrected chi connectivity index (χ2v) is 9.50. The van der Waals surface area contributed by atoms with Gasteiger partial charge in [0.05, 0.1) is 11.1 Å². The normalized spacial score (nSPS) is 14.3. The van der Waals surface area contributed by atoms with Crippen LogP contribution in [0.2, 0.25) is 0 Å². The lowest BCUT2D eigenvalue weighted by Crippen LogP contribution is -2.49. The summed E-state index contributed by atoms with van der Waals surface area (Å²) < 4.78 is 0. The number of carbonyl (C=O) groups excluding carboxylic acids is 1. The number of aliphatic carboxylic acids is 1. The van der Waals surface area contributed by atoms with Crippen LogP contribution in [0.3, 0.4) is 0 Å². The van der Waals surface area contributed by atoms with Crippen LogP contribution in [-0.4, -0.2) is 63.8 Å². The predicted octanol–water partition coefficient (Wildman–Crippen LogP) is 3.70. The Bertz CT molecular complexity index is 1120. The number of aryl methyl sites for hydroxylation is 2. The number of thiophene rings is 1. The molecule has 1 aliphatic rings. The first-order chi connectivity index (χ1) is 14.9. The van der Waals surface area contributed by atoms with E-state index in [0.29, 0.717) is 31.3 Å². The van der Waals surface area contributed by atoms with Gasteiger partial charge in [-0.25, -0.2) is 9.97 Å². The number of fused-ring (bicyclic) bond motifs is 1. The predicted molar refractivity (Wildman–Crippen MR) is 124 cm³/mol. The molecule has 2 aromatic heterocycles. The van der Waals surface area contributed by atoms with Gasteiger partial charge in [-0.3, -0.25) is 9.59 Å². The molecule has 1 N–H and O–H groups in total. The summed E-state index contributed by atoms with van der Waals surface area (Å²) in [6, 6.07) is 9.81. The summed E-state index contributed by atoms with van der Waals surface area (Å²) in [5.41, 5.74) is 1.79. The number of hydrogen-bond acceptors (Lipinski definition) is 7. The van der Waals surface area contributed by atoms with Gasteiger partial charge in [-0.2, -0.15) is 0 Å². The summed E-state index contributed by atoms with van der Waals surface area (Å²) in [6.07, 6.45) is 0.914. The van der Waals surface area contributed by atoms with E-state index in [4.69, 9.17) is 10.1 Å². The van der Waals surface area contributed by atoms with Crippen LogP contribution >= 0.6 is 23.1 Å². The summed E-state index contributed by atoms with van der Waals surface area (Å²) in [6.45, 7) is 6.66. The quantitative estimate of drug-likeness (QED) is 0.447. The van der Waals surface area contributed by atoms with Gasteiger partial charge in [-0.15, -0.1) is 11.3 Å². The van der Waals surface area contributed by atoms with Crippen LogP contribution in [0.15, 0.2) is 35.5 Å². The summed E-state index contributed by atoms with van der Waals surface area (Å²) in [5.74, 6) is -0.0800. The zero-order chi connectivity index (χ0) is 22.0. The van der Waals surface area contributed by atoms with Crippen molar-refractivity contribution in [3.05, 3.63) is 46.3 Å². The molecule has 9 heteroatoms. The average molecular weight is 457 g/mol. The molecule has 3 aromatic rings. The highest BCUT2D eigenvalue weighted by Gasteiger charge is 2.25. The fourth-order valence-corrected chi connectivity index (χ4v) is 5.20. The van der Waals surface area contributed by atoms with Gasteiger partial charge in [-0.1, -0.05) is 36.4 Å². The Labute approximate surface area is 189 Å². The fourth-order valence-electron chi connectivity index (χ4n) is 3.63. The van der Waals surface area contributed by atoms with Crippen LogP contribution in [-0.2, 0) is 11.2 Å². The van der Waals surface area contributed by atoms with Gasteiger partial charge < -0.3 is 14.9 Å². The van der Waals surface area contributed by atoms with Crippen LogP contribution < -0.4 is 4.90 Å². The highest BCUT2D eigenvalue weighted by Crippen LogP contribution is 2.33. The Morgan fingerprint density at radius 3 is 2.61 bits per heavy atom. The van der Waals surface area contributed by atoms with E-state index in [-0.39, 0.29) is 11.7 Å². The van der Waals surface area contributed by atoms with Crippen molar-refractivity contribution in [2.45, 2.75) is 25.4 Å². The summed E-state index contributed by atoms with van der Waals surface area (Å²) >= 11 is 2.76. The highest BCUT2D eigenvalue weighted by molar-refractivity contribution is 7.99. The molecule has 0 atom stereocenters. The molecule has 3 heterocycles. The minimum atomic E-state index is -0.890. The summed E-state index contributed by atoms with van der Waals surface area (Å²) in [7, 11) is 0. The van der Waals surface area contributed by atoms with Crippen LogP contribution in [0.4, 0.5) is 5.82 Å². The molecule has 0 bridgehead atoms. The monoisotopic (exact) mass is 456 g/mol. The zero-order valence-electron chi connectivity index (χ0n) is 17.5. The van der Waals surface area contributed by atoms with Gasteiger partial charge in [0.2, 0.25) is 0 Å². The first kappa shape index (κ1) is 21.6. The first-order valence-corrected chi connectivity index (χ1v) is 12.0. The molecular weight excluding hydrogens is 432 g/mol. The number of carbonyl (C=O) groups is 2. The number of amides is 1. The molecule has 0 unspecified atom stereocenters. The Morgan fingerprint density at radius 2 is 1.94 bits per heavy atom. The summed E-state index contributed by atoms with van der Waals surface area (Å²) in [5, 5.41) is 10.5. The van der Waals surface area contributed by atoms with Gasteiger partial charge in [-0.05, 0) is 31.5 Å². The van der Waals surface area contributed by atoms with Gasteiger partial charge in [0.15, 0.2) is 5.16 Å². The second kappa shape index (κ2) is 9.23. The van der Waals surface area contributed by atoms with Crippen molar-refractivity contribution in [3.8, 4) is 0 Å². The van der Waals surface area contributed by atoms with Gasteiger partial charge in [0.25, 0.3) is 5.91 Å². The number of carboxylic acid groups (broad SMARTS) is 1. The van der Waals surface area contributed by atoms with E-state index in [9.17, 15) is 9.59 Å². The smallest absolute Gasteiger partial charge is 0.313 e. The molecule has 1 aromatic carbocycles. The molecule has 7 nitrogen and oxygen atoms in total. The summed E-state index contributed by atoms with van der Waals surface area (Å²) in [4.78, 5) is 39.3. The molecule has 0 saturated carbocycles. The molecule has 4 rings (SSSR count). The van der Waals surface area contributed by atoms with E-state index >= 15 is 0 Å². The topological polar surface area (TPSA) is 86.6 Å². The maximum absolute atomic E-state index is 12.9. The molecule has 31 heavy (non-hydrogen) atoms. The number of carboxylic acids is 1. The average Bonchev–Trinajstić information content (AvgIpc) is 3.20. The van der Waals surface area contributed by atoms with Gasteiger partial charge in [0, 0.05) is 36.6 Å².